The number of rotatable bonds is 8. The van der Waals surface area contributed by atoms with Crippen molar-refractivity contribution in [3.05, 3.63) is 76.9 Å². The molecule has 7 nitrogen and oxygen atoms in total. The number of halogens is 1. The van der Waals surface area contributed by atoms with Crippen molar-refractivity contribution in [2.45, 2.75) is 46.3 Å². The van der Waals surface area contributed by atoms with Crippen LogP contribution in [-0.2, 0) is 9.53 Å². The first-order valence-corrected chi connectivity index (χ1v) is 14.6. The van der Waals surface area contributed by atoms with E-state index >= 15 is 0 Å². The first kappa shape index (κ1) is 29.6. The second-order valence-electron chi connectivity index (χ2n) is 11.0. The first-order chi connectivity index (χ1) is 20.0. The lowest BCUT2D eigenvalue weighted by molar-refractivity contribution is -0.138. The Morgan fingerprint density at radius 2 is 1.62 bits per heavy atom. The van der Waals surface area contributed by atoms with Crippen molar-refractivity contribution < 1.29 is 19.0 Å². The maximum atomic E-state index is 13.0. The van der Waals surface area contributed by atoms with Crippen molar-refractivity contribution >= 4 is 38.9 Å². The number of hydrogen-bond acceptors (Lipinski definition) is 8. The zero-order chi connectivity index (χ0) is 30.2. The third kappa shape index (κ3) is 6.02. The molecule has 0 saturated carbocycles. The van der Waals surface area contributed by atoms with E-state index in [4.69, 9.17) is 30.8 Å². The van der Waals surface area contributed by atoms with Crippen LogP contribution in [0.25, 0.3) is 43.2 Å². The molecule has 0 amide bonds. The molecular formula is C33H32ClN3O4S. The zero-order valence-corrected chi connectivity index (χ0v) is 26.2. The molecule has 0 aliphatic rings. The highest BCUT2D eigenvalue weighted by Gasteiger charge is 2.30. The molecule has 42 heavy (non-hydrogen) atoms. The summed E-state index contributed by atoms with van der Waals surface area (Å²) in [6, 6.07) is 17.3. The summed E-state index contributed by atoms with van der Waals surface area (Å²) >= 11 is 7.80. The summed E-state index contributed by atoms with van der Waals surface area (Å²) in [5.41, 5.74) is 6.24. The number of aromatic nitrogens is 3. The maximum Gasteiger partial charge on any atom is 0.163 e. The van der Waals surface area contributed by atoms with Gasteiger partial charge in [0.1, 0.15) is 11.1 Å². The highest BCUT2D eigenvalue weighted by atomic mass is 35.5. The molecule has 0 radical (unpaired) electrons. The third-order valence-corrected chi connectivity index (χ3v) is 8.13. The lowest BCUT2D eigenvalue weighted by atomic mass is 9.90. The van der Waals surface area contributed by atoms with Gasteiger partial charge in [-0.15, -0.1) is 11.3 Å². The van der Waals surface area contributed by atoms with E-state index in [0.29, 0.717) is 22.2 Å². The number of hydrogen-bond donors (Lipinski definition) is 0. The number of benzene rings is 3. The average Bonchev–Trinajstić information content (AvgIpc) is 3.38. The molecule has 2 aromatic heterocycles. The highest BCUT2D eigenvalue weighted by molar-refractivity contribution is 7.22. The van der Waals surface area contributed by atoms with Crippen molar-refractivity contribution in [2.24, 2.45) is 0 Å². The number of aryl methyl sites for hydroxylation is 1. The minimum Gasteiger partial charge on any atom is -0.493 e. The summed E-state index contributed by atoms with van der Waals surface area (Å²) in [6.07, 6.45) is 0.962. The van der Waals surface area contributed by atoms with Gasteiger partial charge in [-0.05, 0) is 88.2 Å². The van der Waals surface area contributed by atoms with E-state index in [2.05, 4.69) is 10.2 Å². The number of nitrogens with zero attached hydrogens (tertiary/aromatic N) is 3. The normalized spacial score (nSPS) is 12.4. The summed E-state index contributed by atoms with van der Waals surface area (Å²) in [7, 11) is 3.20. The van der Waals surface area contributed by atoms with Crippen molar-refractivity contribution in [2.75, 3.05) is 14.2 Å². The number of methoxy groups -OCH3 is 2. The van der Waals surface area contributed by atoms with Crippen LogP contribution in [0.3, 0.4) is 0 Å². The van der Waals surface area contributed by atoms with E-state index in [9.17, 15) is 4.79 Å². The Kier molecular flexibility index (Phi) is 8.32. The van der Waals surface area contributed by atoms with Gasteiger partial charge in [-0.3, -0.25) is 4.79 Å². The Morgan fingerprint density at radius 1 is 0.929 bits per heavy atom. The van der Waals surface area contributed by atoms with Crippen LogP contribution in [0.1, 0.15) is 44.9 Å². The van der Waals surface area contributed by atoms with Crippen molar-refractivity contribution in [1.82, 2.24) is 15.2 Å². The van der Waals surface area contributed by atoms with Crippen LogP contribution in [0.2, 0.25) is 5.02 Å². The molecule has 0 aliphatic heterocycles. The Labute approximate surface area is 254 Å². The van der Waals surface area contributed by atoms with Crippen LogP contribution in [0.5, 0.6) is 11.5 Å². The van der Waals surface area contributed by atoms with Gasteiger partial charge in [0.05, 0.1) is 41.9 Å². The summed E-state index contributed by atoms with van der Waals surface area (Å²) in [4.78, 5) is 18.1. The monoisotopic (exact) mass is 601 g/mol. The van der Waals surface area contributed by atoms with Crippen molar-refractivity contribution in [1.29, 1.82) is 0 Å². The zero-order valence-electron chi connectivity index (χ0n) is 24.6. The molecule has 0 fully saturated rings. The van der Waals surface area contributed by atoms with Gasteiger partial charge < -0.3 is 14.2 Å². The largest absolute Gasteiger partial charge is 0.493 e. The van der Waals surface area contributed by atoms with Gasteiger partial charge in [-0.25, -0.2) is 4.98 Å². The van der Waals surface area contributed by atoms with Crippen molar-refractivity contribution in [3.8, 4) is 44.5 Å². The molecule has 0 aliphatic carbocycles. The molecule has 3 aromatic carbocycles. The minimum atomic E-state index is -0.745. The Morgan fingerprint density at radius 3 is 2.26 bits per heavy atom. The fourth-order valence-electron chi connectivity index (χ4n) is 4.89. The van der Waals surface area contributed by atoms with E-state index in [0.717, 1.165) is 48.6 Å². The topological polar surface area (TPSA) is 83.4 Å². The molecule has 0 N–H and O–H groups in total. The van der Waals surface area contributed by atoms with Gasteiger partial charge in [0.15, 0.2) is 17.3 Å². The predicted octanol–water partition coefficient (Wildman–Crippen LogP) is 8.51. The minimum absolute atomic E-state index is 0.0646. The molecule has 0 saturated heterocycles. The van der Waals surface area contributed by atoms with E-state index in [1.807, 2.05) is 82.3 Å². The van der Waals surface area contributed by atoms with Crippen LogP contribution in [0, 0.1) is 6.92 Å². The molecule has 0 bridgehead atoms. The Balaban J connectivity index is 1.70. The second kappa shape index (κ2) is 11.8. The molecule has 0 spiro atoms. The lowest BCUT2D eigenvalue weighted by Crippen LogP contribution is -2.27. The molecule has 5 rings (SSSR count). The van der Waals surface area contributed by atoms with Gasteiger partial charge in [0, 0.05) is 27.3 Å². The Hall–Kier alpha value is -3.85. The van der Waals surface area contributed by atoms with E-state index < -0.39 is 11.7 Å². The number of carbonyl (C=O) groups is 1. The van der Waals surface area contributed by atoms with Crippen LogP contribution in [0.4, 0.5) is 0 Å². The molecule has 216 valence electrons. The van der Waals surface area contributed by atoms with E-state index in [1.165, 1.54) is 0 Å². The fraction of sp³-hybridized carbons (Fsp3) is 0.273. The number of ketones is 1. The smallest absolute Gasteiger partial charge is 0.163 e. The summed E-state index contributed by atoms with van der Waals surface area (Å²) < 4.78 is 18.2. The van der Waals surface area contributed by atoms with Gasteiger partial charge in [0.2, 0.25) is 0 Å². The fourth-order valence-corrected chi connectivity index (χ4v) is 6.13. The van der Waals surface area contributed by atoms with Gasteiger partial charge >= 0.3 is 0 Å². The van der Waals surface area contributed by atoms with E-state index in [-0.39, 0.29) is 5.78 Å². The van der Waals surface area contributed by atoms with Crippen LogP contribution < -0.4 is 9.47 Å². The molecular weight excluding hydrogens is 570 g/mol. The number of Topliss-reactive ketones (excluding diaryl/α,β-unsaturated/α-hetero) is 1. The van der Waals surface area contributed by atoms with Crippen molar-refractivity contribution in [3.63, 3.8) is 0 Å². The first-order valence-electron chi connectivity index (χ1n) is 13.4. The summed E-state index contributed by atoms with van der Waals surface area (Å²) in [6.45, 7) is 9.43. The standard InChI is InChI=1S/C33H32ClN3O4S/c1-18-14-25-31(29(20-8-11-23(34)12-9-20)28(18)30(19(2)38)41-33(3,4)5)42-32(36-25)22-15-24(37-35-17-22)21-10-13-26(39-6)27(16-21)40-7/h8-17,30H,1-7H3/t30-/m1/s1. The number of carbonyl (C=O) groups excluding carboxylic acids is 1. The number of thiazole rings is 1. The average molecular weight is 602 g/mol. The summed E-state index contributed by atoms with van der Waals surface area (Å²) in [5, 5.41) is 10.1. The maximum absolute atomic E-state index is 13.0. The Bertz CT molecular complexity index is 1780. The number of ether oxygens (including phenoxy) is 3. The van der Waals surface area contributed by atoms with E-state index in [1.54, 1.807) is 38.7 Å². The lowest BCUT2D eigenvalue weighted by Gasteiger charge is -2.29. The predicted molar refractivity (Wildman–Crippen MR) is 169 cm³/mol. The second-order valence-corrected chi connectivity index (χ2v) is 12.4. The van der Waals surface area contributed by atoms with Crippen LogP contribution >= 0.6 is 22.9 Å². The molecule has 0 unspecified atom stereocenters. The molecule has 1 atom stereocenters. The highest BCUT2D eigenvalue weighted by Crippen LogP contribution is 2.44. The quantitative estimate of drug-likeness (QED) is 0.176. The third-order valence-electron chi connectivity index (χ3n) is 6.74. The van der Waals surface area contributed by atoms with Crippen LogP contribution in [0.15, 0.2) is 60.8 Å². The number of fused-ring (bicyclic) bond motifs is 1. The molecule has 2 heterocycles. The molecule has 5 aromatic rings. The van der Waals surface area contributed by atoms with Crippen LogP contribution in [-0.4, -0.2) is 40.8 Å². The summed E-state index contributed by atoms with van der Waals surface area (Å²) in [5.74, 6) is 1.18. The molecule has 9 heteroatoms. The van der Waals surface area contributed by atoms with Gasteiger partial charge in [0.25, 0.3) is 0 Å². The van der Waals surface area contributed by atoms with Gasteiger partial charge in [-0.2, -0.15) is 10.2 Å². The van der Waals surface area contributed by atoms with Gasteiger partial charge in [-0.1, -0.05) is 23.7 Å². The SMILES string of the molecule is COc1ccc(-c2cc(-c3nc4cc(C)c([C@H](OC(C)(C)C)C(C)=O)c(-c5ccc(Cl)cc5)c4s3)cnn2)cc1OC.